The van der Waals surface area contributed by atoms with Gasteiger partial charge < -0.3 is 20.3 Å². The van der Waals surface area contributed by atoms with Gasteiger partial charge in [0.15, 0.2) is 0 Å². The number of hydrogen-bond acceptors (Lipinski definition) is 5. The Morgan fingerprint density at radius 3 is 0.897 bits per heavy atom. The molecule has 0 aromatic heterocycles. The first kappa shape index (κ1) is 66.9. The quantitative estimate of drug-likeness (QED) is 0.0417. The molecule has 0 aromatic rings. The van der Waals surface area contributed by atoms with E-state index in [1.807, 2.05) is 0 Å². The van der Waals surface area contributed by atoms with Gasteiger partial charge in [-0.25, -0.2) is 0 Å². The number of unbranched alkanes of at least 4 members (excludes halogenated alkanes) is 48. The first-order chi connectivity index (χ1) is 33.5. The second-order valence-electron chi connectivity index (χ2n) is 21.8. The minimum Gasteiger partial charge on any atom is -0.466 e. The molecule has 0 fully saturated rings. The van der Waals surface area contributed by atoms with Crippen molar-refractivity contribution in [1.82, 2.24) is 5.32 Å². The zero-order valence-corrected chi connectivity index (χ0v) is 46.4. The van der Waals surface area contributed by atoms with E-state index in [9.17, 15) is 19.8 Å². The summed E-state index contributed by atoms with van der Waals surface area (Å²) in [5.74, 6) is -0.0424. The third-order valence-electron chi connectivity index (χ3n) is 14.9. The van der Waals surface area contributed by atoms with E-state index in [0.717, 1.165) is 51.4 Å². The molecule has 6 nitrogen and oxygen atoms in total. The molecule has 0 aromatic carbocycles. The number of ether oxygens (including phenoxy) is 1. The highest BCUT2D eigenvalue weighted by Crippen LogP contribution is 2.19. The molecule has 1 amide bonds. The van der Waals surface area contributed by atoms with Gasteiger partial charge in [0.1, 0.15) is 0 Å². The van der Waals surface area contributed by atoms with E-state index < -0.39 is 12.1 Å². The number of aliphatic hydroxyl groups excluding tert-OH is 2. The Bertz CT molecular complexity index is 975. The van der Waals surface area contributed by atoms with Crippen molar-refractivity contribution in [1.29, 1.82) is 0 Å². The second kappa shape index (κ2) is 58.4. The van der Waals surface area contributed by atoms with Crippen LogP contribution in [-0.2, 0) is 14.3 Å². The topological polar surface area (TPSA) is 95.9 Å². The normalized spacial score (nSPS) is 12.5. The standard InChI is InChI=1S/C62H123NO5/c1-3-5-7-9-11-13-15-17-19-21-23-24-25-27-30-34-38-42-46-50-54-60(65)59(58-64)63-61(66)55-51-47-43-39-35-31-29-33-37-41-45-49-53-57-68-62(67)56-52-48-44-40-36-32-28-26-22-20-18-16-14-12-10-8-6-4-2/h59-60,64-65H,3-58H2,1-2H3,(H,63,66). The molecule has 68 heavy (non-hydrogen) atoms. The van der Waals surface area contributed by atoms with Crippen LogP contribution in [0, 0.1) is 0 Å². The summed E-state index contributed by atoms with van der Waals surface area (Å²) in [5, 5.41) is 23.4. The van der Waals surface area contributed by atoms with Crippen molar-refractivity contribution in [2.75, 3.05) is 13.2 Å². The van der Waals surface area contributed by atoms with Gasteiger partial charge in [0.05, 0.1) is 25.4 Å². The summed E-state index contributed by atoms with van der Waals surface area (Å²) in [6, 6.07) is -0.550. The van der Waals surface area contributed by atoms with Gasteiger partial charge in [-0.1, -0.05) is 322 Å². The smallest absolute Gasteiger partial charge is 0.305 e. The molecule has 0 rings (SSSR count). The highest BCUT2D eigenvalue weighted by atomic mass is 16.5. The maximum Gasteiger partial charge on any atom is 0.305 e. The SMILES string of the molecule is CCCCCCCCCCCCCCCCCCCCCCC(O)C(CO)NC(=O)CCCCCCCCCCCCCCCOC(=O)CCCCCCCCCCCCCCCCCCCC. The van der Waals surface area contributed by atoms with E-state index >= 15 is 0 Å². The van der Waals surface area contributed by atoms with Crippen molar-refractivity contribution >= 4 is 11.9 Å². The number of aliphatic hydroxyl groups is 2. The van der Waals surface area contributed by atoms with Crippen molar-refractivity contribution in [3.8, 4) is 0 Å². The number of amides is 1. The van der Waals surface area contributed by atoms with Gasteiger partial charge in [-0.15, -0.1) is 0 Å². The summed E-state index contributed by atoms with van der Waals surface area (Å²) in [4.78, 5) is 24.6. The van der Waals surface area contributed by atoms with Crippen LogP contribution in [0.3, 0.4) is 0 Å². The van der Waals surface area contributed by atoms with Crippen molar-refractivity contribution in [2.24, 2.45) is 0 Å². The third kappa shape index (κ3) is 54.2. The van der Waals surface area contributed by atoms with E-state index in [2.05, 4.69) is 19.2 Å². The summed E-state index contributed by atoms with van der Waals surface area (Å²) in [6.07, 6.45) is 68.2. The second-order valence-corrected chi connectivity index (χ2v) is 21.8. The van der Waals surface area contributed by atoms with Crippen LogP contribution in [0.4, 0.5) is 0 Å². The predicted molar refractivity (Wildman–Crippen MR) is 297 cm³/mol. The van der Waals surface area contributed by atoms with E-state index in [0.29, 0.717) is 25.9 Å². The molecule has 0 aliphatic carbocycles. The third-order valence-corrected chi connectivity index (χ3v) is 14.9. The molecule has 0 saturated heterocycles. The van der Waals surface area contributed by atoms with Gasteiger partial charge in [0.25, 0.3) is 0 Å². The molecule has 2 atom stereocenters. The van der Waals surface area contributed by atoms with Crippen LogP contribution in [0.5, 0.6) is 0 Å². The summed E-state index contributed by atoms with van der Waals surface area (Å²) in [7, 11) is 0. The number of hydrogen-bond donors (Lipinski definition) is 3. The summed E-state index contributed by atoms with van der Waals surface area (Å²) in [6.45, 7) is 4.97. The number of carbonyl (C=O) groups excluding carboxylic acids is 2. The molecule has 0 aliphatic rings. The Hall–Kier alpha value is -1.14. The summed E-state index contributed by atoms with van der Waals surface area (Å²) >= 11 is 0. The predicted octanol–water partition coefficient (Wildman–Crippen LogP) is 19.5. The largest absolute Gasteiger partial charge is 0.466 e. The molecule has 406 valence electrons. The van der Waals surface area contributed by atoms with Gasteiger partial charge in [0, 0.05) is 12.8 Å². The number of esters is 1. The molecule has 0 spiro atoms. The molecule has 0 radical (unpaired) electrons. The summed E-state index contributed by atoms with van der Waals surface area (Å²) < 4.78 is 5.49. The Balaban J connectivity index is 3.41. The van der Waals surface area contributed by atoms with Crippen LogP contribution in [0.2, 0.25) is 0 Å². The highest BCUT2D eigenvalue weighted by Gasteiger charge is 2.20. The van der Waals surface area contributed by atoms with Gasteiger partial charge in [0.2, 0.25) is 5.91 Å². The van der Waals surface area contributed by atoms with Gasteiger partial charge in [-0.2, -0.15) is 0 Å². The molecule has 2 unspecified atom stereocenters. The fraction of sp³-hybridized carbons (Fsp3) is 0.968. The molecule has 0 bridgehead atoms. The van der Waals surface area contributed by atoms with E-state index in [-0.39, 0.29) is 18.5 Å². The van der Waals surface area contributed by atoms with Gasteiger partial charge in [-0.05, 0) is 25.7 Å². The minimum atomic E-state index is -0.672. The Kier molecular flexibility index (Phi) is 57.5. The number of rotatable bonds is 59. The average molecular weight is 963 g/mol. The highest BCUT2D eigenvalue weighted by molar-refractivity contribution is 5.76. The van der Waals surface area contributed by atoms with Crippen molar-refractivity contribution in [3.63, 3.8) is 0 Å². The van der Waals surface area contributed by atoms with Crippen LogP contribution < -0.4 is 5.32 Å². The fourth-order valence-corrected chi connectivity index (χ4v) is 10.1. The Morgan fingerprint density at radius 2 is 0.603 bits per heavy atom. The fourth-order valence-electron chi connectivity index (χ4n) is 10.1. The molecular formula is C62H123NO5. The lowest BCUT2D eigenvalue weighted by Crippen LogP contribution is -2.45. The van der Waals surface area contributed by atoms with Crippen LogP contribution >= 0.6 is 0 Å². The number of carbonyl (C=O) groups is 2. The maximum atomic E-state index is 12.5. The minimum absolute atomic E-state index is 0.000533. The van der Waals surface area contributed by atoms with E-state index in [1.165, 1.54) is 276 Å². The summed E-state index contributed by atoms with van der Waals surface area (Å²) in [5.41, 5.74) is 0. The Labute approximate surface area is 426 Å². The molecule has 6 heteroatoms. The maximum absolute atomic E-state index is 12.5. The first-order valence-corrected chi connectivity index (χ1v) is 31.3. The molecular weight excluding hydrogens is 839 g/mol. The van der Waals surface area contributed by atoms with Crippen LogP contribution in [0.15, 0.2) is 0 Å². The van der Waals surface area contributed by atoms with Gasteiger partial charge >= 0.3 is 5.97 Å². The van der Waals surface area contributed by atoms with Gasteiger partial charge in [-0.3, -0.25) is 9.59 Å². The van der Waals surface area contributed by atoms with Crippen LogP contribution in [0.25, 0.3) is 0 Å². The van der Waals surface area contributed by atoms with Crippen molar-refractivity contribution in [2.45, 2.75) is 373 Å². The monoisotopic (exact) mass is 962 g/mol. The first-order valence-electron chi connectivity index (χ1n) is 31.3. The Morgan fingerprint density at radius 1 is 0.353 bits per heavy atom. The van der Waals surface area contributed by atoms with Crippen molar-refractivity contribution < 1.29 is 24.5 Å². The van der Waals surface area contributed by atoms with Crippen molar-refractivity contribution in [3.05, 3.63) is 0 Å². The van der Waals surface area contributed by atoms with E-state index in [1.54, 1.807) is 0 Å². The lowest BCUT2D eigenvalue weighted by atomic mass is 10.0. The molecule has 0 heterocycles. The van der Waals surface area contributed by atoms with Crippen LogP contribution in [0.1, 0.15) is 361 Å². The number of nitrogens with one attached hydrogen (secondary N) is 1. The molecule has 3 N–H and O–H groups in total. The molecule has 0 saturated carbocycles. The van der Waals surface area contributed by atoms with E-state index in [4.69, 9.17) is 4.74 Å². The molecule has 0 aliphatic heterocycles. The zero-order valence-electron chi connectivity index (χ0n) is 46.4. The zero-order chi connectivity index (χ0) is 49.3. The van der Waals surface area contributed by atoms with Crippen LogP contribution in [-0.4, -0.2) is 47.4 Å². The lowest BCUT2D eigenvalue weighted by Gasteiger charge is -2.22. The lowest BCUT2D eigenvalue weighted by molar-refractivity contribution is -0.143. The average Bonchev–Trinajstić information content (AvgIpc) is 3.34.